The van der Waals surface area contributed by atoms with Crippen LogP contribution in [0.25, 0.3) is 0 Å². The van der Waals surface area contributed by atoms with Crippen molar-refractivity contribution in [3.8, 4) is 0 Å². The summed E-state index contributed by atoms with van der Waals surface area (Å²) in [4.78, 5) is 44.9. The van der Waals surface area contributed by atoms with Gasteiger partial charge in [-0.15, -0.1) is 0 Å². The maximum atomic E-state index is 13.6. The summed E-state index contributed by atoms with van der Waals surface area (Å²) in [7, 11) is 1.69. The topological polar surface area (TPSA) is 60.9 Å². The highest BCUT2D eigenvalue weighted by Crippen LogP contribution is 2.42. The molecule has 5 rings (SSSR count). The molecule has 0 aromatic heterocycles. The number of hydrogen-bond donors (Lipinski definition) is 0. The molecule has 2 aromatic rings. The van der Waals surface area contributed by atoms with E-state index in [0.717, 1.165) is 12.1 Å². The molecule has 3 heterocycles. The van der Waals surface area contributed by atoms with Crippen molar-refractivity contribution in [2.45, 2.75) is 18.8 Å². The normalized spacial score (nSPS) is 21.5. The number of carbonyl (C=O) groups excluding carboxylic acids is 3. The third kappa shape index (κ3) is 2.17. The first-order chi connectivity index (χ1) is 13.6. The van der Waals surface area contributed by atoms with Crippen LogP contribution in [0, 0.1) is 0 Å². The van der Waals surface area contributed by atoms with Gasteiger partial charge in [-0.2, -0.15) is 0 Å². The van der Waals surface area contributed by atoms with Crippen LogP contribution in [0.4, 0.5) is 5.69 Å². The van der Waals surface area contributed by atoms with Crippen LogP contribution < -0.4 is 4.90 Å². The Labute approximate surface area is 162 Å². The predicted molar refractivity (Wildman–Crippen MR) is 103 cm³/mol. The lowest BCUT2D eigenvalue weighted by molar-refractivity contribution is -0.138. The van der Waals surface area contributed by atoms with E-state index in [1.54, 1.807) is 52.1 Å². The molecule has 2 fully saturated rings. The smallest absolute Gasteiger partial charge is 0.260 e. The summed E-state index contributed by atoms with van der Waals surface area (Å²) in [6.45, 7) is 0.595. The quantitative estimate of drug-likeness (QED) is 0.722. The number of nitrogens with zero attached hydrogens (tertiary/aromatic N) is 3. The monoisotopic (exact) mass is 373 g/mol. The average Bonchev–Trinajstić information content (AvgIpc) is 3.17. The van der Waals surface area contributed by atoms with E-state index in [1.807, 2.05) is 24.3 Å². The number of para-hydroxylation sites is 1. The van der Waals surface area contributed by atoms with Crippen molar-refractivity contribution in [3.05, 3.63) is 77.2 Å². The second kappa shape index (κ2) is 6.05. The summed E-state index contributed by atoms with van der Waals surface area (Å²) in [5.74, 6) is -1.11. The van der Waals surface area contributed by atoms with Gasteiger partial charge in [-0.25, -0.2) is 0 Å². The molecule has 140 valence electrons. The molecule has 3 aliphatic rings. The standard InChI is InChI=1S/C22H19N3O3/c1-23-19-17-12-7-13-24(17)20(26)15-10-5-6-11-16(15)25(19)22(28)18(21(23)27)14-8-3-2-4-9-14/h2-6,8-11,18H,7,12-13H2,1H3. The van der Waals surface area contributed by atoms with E-state index in [2.05, 4.69) is 0 Å². The molecule has 0 saturated carbocycles. The highest BCUT2D eigenvalue weighted by atomic mass is 16.2. The summed E-state index contributed by atoms with van der Waals surface area (Å²) in [5.41, 5.74) is 2.43. The Bertz CT molecular complexity index is 1040. The molecule has 0 N–H and O–H groups in total. The van der Waals surface area contributed by atoms with E-state index in [0.29, 0.717) is 35.6 Å². The molecule has 2 aromatic carbocycles. The molecule has 0 spiro atoms. The first-order valence-electron chi connectivity index (χ1n) is 9.40. The van der Waals surface area contributed by atoms with Gasteiger partial charge in [-0.05, 0) is 30.5 Å². The summed E-state index contributed by atoms with van der Waals surface area (Å²) < 4.78 is 0. The van der Waals surface area contributed by atoms with Crippen molar-refractivity contribution in [2.75, 3.05) is 18.5 Å². The molecule has 1 atom stereocenters. The molecular weight excluding hydrogens is 354 g/mol. The Kier molecular flexibility index (Phi) is 3.62. The number of amides is 3. The molecular formula is C22H19N3O3. The van der Waals surface area contributed by atoms with Gasteiger partial charge in [0.05, 0.1) is 16.9 Å². The fourth-order valence-corrected chi connectivity index (χ4v) is 4.40. The van der Waals surface area contributed by atoms with Crippen LogP contribution in [-0.2, 0) is 9.59 Å². The number of carbonyl (C=O) groups is 3. The van der Waals surface area contributed by atoms with Crippen molar-refractivity contribution in [2.24, 2.45) is 0 Å². The van der Waals surface area contributed by atoms with Crippen LogP contribution in [0.15, 0.2) is 66.1 Å². The number of rotatable bonds is 1. The molecule has 3 amide bonds. The minimum atomic E-state index is -0.924. The number of allylic oxidation sites excluding steroid dienone is 1. The molecule has 6 heteroatoms. The van der Waals surface area contributed by atoms with Crippen LogP contribution >= 0.6 is 0 Å². The second-order valence-electron chi connectivity index (χ2n) is 7.26. The average molecular weight is 373 g/mol. The highest BCUT2D eigenvalue weighted by molar-refractivity contribution is 6.19. The van der Waals surface area contributed by atoms with Crippen molar-refractivity contribution >= 4 is 23.4 Å². The van der Waals surface area contributed by atoms with E-state index in [1.165, 1.54) is 0 Å². The predicted octanol–water partition coefficient (Wildman–Crippen LogP) is 2.69. The minimum Gasteiger partial charge on any atom is -0.308 e. The molecule has 28 heavy (non-hydrogen) atoms. The molecule has 2 saturated heterocycles. The van der Waals surface area contributed by atoms with Crippen molar-refractivity contribution in [1.29, 1.82) is 0 Å². The summed E-state index contributed by atoms with van der Waals surface area (Å²) in [6, 6.07) is 16.2. The van der Waals surface area contributed by atoms with Gasteiger partial charge in [0.25, 0.3) is 5.91 Å². The second-order valence-corrected chi connectivity index (χ2v) is 7.26. The Morgan fingerprint density at radius 2 is 1.61 bits per heavy atom. The molecule has 0 aliphatic carbocycles. The zero-order valence-corrected chi connectivity index (χ0v) is 15.5. The summed E-state index contributed by atoms with van der Waals surface area (Å²) in [6.07, 6.45) is 1.48. The van der Waals surface area contributed by atoms with Gasteiger partial charge in [-0.1, -0.05) is 42.5 Å². The number of hydrogen-bond acceptors (Lipinski definition) is 3. The lowest BCUT2D eigenvalue weighted by Gasteiger charge is -2.40. The third-order valence-corrected chi connectivity index (χ3v) is 5.71. The van der Waals surface area contributed by atoms with Gasteiger partial charge in [0.2, 0.25) is 11.8 Å². The summed E-state index contributed by atoms with van der Waals surface area (Å²) in [5, 5.41) is 0. The number of anilines is 1. The van der Waals surface area contributed by atoms with Gasteiger partial charge in [0.1, 0.15) is 11.7 Å². The van der Waals surface area contributed by atoms with Crippen LogP contribution in [0.1, 0.15) is 34.7 Å². The Morgan fingerprint density at radius 3 is 2.39 bits per heavy atom. The number of fused-ring (bicyclic) bond motifs is 4. The maximum Gasteiger partial charge on any atom is 0.260 e. The Balaban J connectivity index is 1.77. The van der Waals surface area contributed by atoms with Gasteiger partial charge < -0.3 is 4.90 Å². The minimum absolute atomic E-state index is 0.116. The molecule has 6 nitrogen and oxygen atoms in total. The van der Waals surface area contributed by atoms with Crippen LogP contribution in [0.2, 0.25) is 0 Å². The van der Waals surface area contributed by atoms with Crippen molar-refractivity contribution in [1.82, 2.24) is 9.80 Å². The van der Waals surface area contributed by atoms with Crippen LogP contribution in [-0.4, -0.2) is 41.1 Å². The molecule has 1 unspecified atom stereocenters. The first-order valence-corrected chi connectivity index (χ1v) is 9.40. The zero-order valence-electron chi connectivity index (χ0n) is 15.5. The van der Waals surface area contributed by atoms with E-state index < -0.39 is 5.92 Å². The molecule has 0 radical (unpaired) electrons. The van der Waals surface area contributed by atoms with Gasteiger partial charge in [0.15, 0.2) is 0 Å². The summed E-state index contributed by atoms with van der Waals surface area (Å²) >= 11 is 0. The SMILES string of the molecule is CN1C(=O)C(c2ccccc2)C(=O)N2C1=C1CCCN1C(=O)c1ccccc12. The third-order valence-electron chi connectivity index (χ3n) is 5.71. The van der Waals surface area contributed by atoms with E-state index in [9.17, 15) is 14.4 Å². The Morgan fingerprint density at radius 1 is 0.893 bits per heavy atom. The Hall–Kier alpha value is -3.41. The number of benzene rings is 2. The van der Waals surface area contributed by atoms with Crippen LogP contribution in [0.5, 0.6) is 0 Å². The molecule has 3 aliphatic heterocycles. The zero-order chi connectivity index (χ0) is 19.4. The van der Waals surface area contributed by atoms with E-state index in [-0.39, 0.29) is 17.7 Å². The number of likely N-dealkylation sites (N-methyl/N-ethyl adjacent to an activating group) is 1. The first kappa shape index (κ1) is 16.7. The largest absolute Gasteiger partial charge is 0.308 e. The lowest BCUT2D eigenvalue weighted by atomic mass is 9.93. The van der Waals surface area contributed by atoms with E-state index in [4.69, 9.17) is 0 Å². The van der Waals surface area contributed by atoms with E-state index >= 15 is 0 Å². The van der Waals surface area contributed by atoms with Crippen LogP contribution in [0.3, 0.4) is 0 Å². The molecule has 0 bridgehead atoms. The highest BCUT2D eigenvalue weighted by Gasteiger charge is 2.48. The maximum absolute atomic E-state index is 13.6. The fraction of sp³-hybridized carbons (Fsp3) is 0.227. The fourth-order valence-electron chi connectivity index (χ4n) is 4.40. The van der Waals surface area contributed by atoms with Gasteiger partial charge >= 0.3 is 0 Å². The van der Waals surface area contributed by atoms with Gasteiger partial charge in [0, 0.05) is 13.6 Å². The lowest BCUT2D eigenvalue weighted by Crippen LogP contribution is -2.53. The van der Waals surface area contributed by atoms with Crippen molar-refractivity contribution < 1.29 is 14.4 Å². The van der Waals surface area contributed by atoms with Crippen molar-refractivity contribution in [3.63, 3.8) is 0 Å². The van der Waals surface area contributed by atoms with Gasteiger partial charge in [-0.3, -0.25) is 24.2 Å².